The van der Waals surface area contributed by atoms with E-state index in [0.29, 0.717) is 5.69 Å². The minimum atomic E-state index is -1.00. The summed E-state index contributed by atoms with van der Waals surface area (Å²) in [4.78, 5) is 19.1. The molecule has 2 N–H and O–H groups in total. The number of aromatic hydroxyl groups is 1. The summed E-state index contributed by atoms with van der Waals surface area (Å²) in [6.45, 7) is 0. The van der Waals surface area contributed by atoms with E-state index in [1.165, 1.54) is 18.3 Å². The van der Waals surface area contributed by atoms with Crippen molar-refractivity contribution in [1.29, 1.82) is 0 Å². The van der Waals surface area contributed by atoms with E-state index in [1.54, 1.807) is 24.3 Å². The van der Waals surface area contributed by atoms with E-state index in [0.717, 1.165) is 10.0 Å². The van der Waals surface area contributed by atoms with Gasteiger partial charge in [-0.05, 0) is 48.5 Å². The molecule has 0 aliphatic rings. The first kappa shape index (κ1) is 15.9. The van der Waals surface area contributed by atoms with E-state index >= 15 is 0 Å². The van der Waals surface area contributed by atoms with E-state index in [9.17, 15) is 9.90 Å². The summed E-state index contributed by atoms with van der Waals surface area (Å²) in [5, 5.41) is 18.7. The molecule has 0 fully saturated rings. The molecule has 0 atom stereocenters. The van der Waals surface area contributed by atoms with Crippen molar-refractivity contribution in [3.05, 3.63) is 64.3 Å². The van der Waals surface area contributed by atoms with Crippen molar-refractivity contribution in [3.8, 4) is 17.4 Å². The lowest BCUT2D eigenvalue weighted by Gasteiger charge is -1.95. The number of aromatic carboxylic acids is 1. The molecule has 0 unspecified atom stereocenters. The normalized spacial score (nSPS) is 11.0. The van der Waals surface area contributed by atoms with Crippen molar-refractivity contribution < 1.29 is 19.4 Å². The molecule has 7 heteroatoms. The highest BCUT2D eigenvalue weighted by atomic mass is 79.9. The molecule has 0 bridgehead atoms. The van der Waals surface area contributed by atoms with Gasteiger partial charge in [0.15, 0.2) is 5.69 Å². The zero-order chi connectivity index (χ0) is 17.1. The average molecular weight is 387 g/mol. The van der Waals surface area contributed by atoms with Crippen LogP contribution in [0.4, 0.5) is 5.69 Å². The minimum Gasteiger partial charge on any atom is -0.479 e. The molecular weight excluding hydrogens is 376 g/mol. The third-order valence-corrected chi connectivity index (χ3v) is 3.70. The van der Waals surface area contributed by atoms with E-state index in [4.69, 9.17) is 9.52 Å². The Bertz CT molecular complexity index is 899. The maximum absolute atomic E-state index is 10.8. The second-order valence-corrected chi connectivity index (χ2v) is 5.74. The topological polar surface area (TPSA) is 95.9 Å². The predicted octanol–water partition coefficient (Wildman–Crippen LogP) is 4.26. The van der Waals surface area contributed by atoms with Crippen LogP contribution < -0.4 is 0 Å². The van der Waals surface area contributed by atoms with Crippen LogP contribution in [0.3, 0.4) is 0 Å². The Morgan fingerprint density at radius 1 is 1.12 bits per heavy atom. The van der Waals surface area contributed by atoms with Crippen molar-refractivity contribution in [2.45, 2.75) is 0 Å². The predicted molar refractivity (Wildman–Crippen MR) is 92.0 cm³/mol. The molecule has 0 amide bonds. The van der Waals surface area contributed by atoms with Gasteiger partial charge in [0.1, 0.15) is 0 Å². The first-order chi connectivity index (χ1) is 11.5. The van der Waals surface area contributed by atoms with Crippen LogP contribution in [0.2, 0.25) is 0 Å². The van der Waals surface area contributed by atoms with Crippen LogP contribution in [-0.4, -0.2) is 27.4 Å². The van der Waals surface area contributed by atoms with Gasteiger partial charge in [-0.3, -0.25) is 4.99 Å². The van der Waals surface area contributed by atoms with Gasteiger partial charge in [0.05, 0.1) is 17.5 Å². The molecule has 24 heavy (non-hydrogen) atoms. The highest BCUT2D eigenvalue weighted by Crippen LogP contribution is 2.27. The summed E-state index contributed by atoms with van der Waals surface area (Å²) < 4.78 is 6.16. The number of benzene rings is 2. The Labute approximate surface area is 145 Å². The Balaban J connectivity index is 1.82. The van der Waals surface area contributed by atoms with Gasteiger partial charge in [-0.2, -0.15) is 0 Å². The zero-order valence-corrected chi connectivity index (χ0v) is 13.8. The molecule has 120 valence electrons. The fourth-order valence-corrected chi connectivity index (χ4v) is 2.21. The standard InChI is InChI=1S/C17H11BrN2O4/c18-12-5-1-10(2-6-12)15-20-14(17(23)24-15)9-19-13-7-3-11(4-8-13)16(21)22/h1-9,23H,(H,21,22). The van der Waals surface area contributed by atoms with Gasteiger partial charge in [0.25, 0.3) is 0 Å². The lowest BCUT2D eigenvalue weighted by Crippen LogP contribution is -1.94. The van der Waals surface area contributed by atoms with Gasteiger partial charge in [-0.25, -0.2) is 9.78 Å². The van der Waals surface area contributed by atoms with Crippen LogP contribution in [0.5, 0.6) is 5.95 Å². The van der Waals surface area contributed by atoms with Crippen LogP contribution in [0.25, 0.3) is 11.5 Å². The molecular formula is C17H11BrN2O4. The molecule has 6 nitrogen and oxygen atoms in total. The number of aromatic nitrogens is 1. The Morgan fingerprint density at radius 3 is 2.42 bits per heavy atom. The Morgan fingerprint density at radius 2 is 1.79 bits per heavy atom. The van der Waals surface area contributed by atoms with Gasteiger partial charge in [-0.15, -0.1) is 0 Å². The third-order valence-electron chi connectivity index (χ3n) is 3.18. The number of hydrogen-bond acceptors (Lipinski definition) is 5. The summed E-state index contributed by atoms with van der Waals surface area (Å²) in [7, 11) is 0. The van der Waals surface area contributed by atoms with Crippen LogP contribution in [-0.2, 0) is 0 Å². The van der Waals surface area contributed by atoms with Gasteiger partial charge in [-0.1, -0.05) is 15.9 Å². The van der Waals surface area contributed by atoms with E-state index in [1.807, 2.05) is 12.1 Å². The monoisotopic (exact) mass is 386 g/mol. The lowest BCUT2D eigenvalue weighted by atomic mass is 10.2. The second kappa shape index (κ2) is 6.67. The number of rotatable bonds is 4. The lowest BCUT2D eigenvalue weighted by molar-refractivity contribution is 0.0697. The molecule has 2 aromatic carbocycles. The third kappa shape index (κ3) is 3.52. The number of carbonyl (C=O) groups is 1. The summed E-state index contributed by atoms with van der Waals surface area (Å²) in [6, 6.07) is 13.3. The van der Waals surface area contributed by atoms with Crippen molar-refractivity contribution in [2.75, 3.05) is 0 Å². The first-order valence-corrected chi connectivity index (χ1v) is 7.65. The maximum Gasteiger partial charge on any atom is 0.335 e. The number of hydrogen-bond donors (Lipinski definition) is 2. The minimum absolute atomic E-state index is 0.177. The zero-order valence-electron chi connectivity index (χ0n) is 12.2. The smallest absolute Gasteiger partial charge is 0.335 e. The number of oxazole rings is 1. The second-order valence-electron chi connectivity index (χ2n) is 4.83. The molecule has 0 aliphatic carbocycles. The van der Waals surface area contributed by atoms with Gasteiger partial charge in [0, 0.05) is 10.0 Å². The average Bonchev–Trinajstić information content (AvgIpc) is 2.95. The number of nitrogens with zero attached hydrogens (tertiary/aromatic N) is 2. The fourth-order valence-electron chi connectivity index (χ4n) is 1.95. The molecule has 3 rings (SSSR count). The number of carboxylic acids is 1. The molecule has 0 saturated carbocycles. The molecule has 0 saturated heterocycles. The van der Waals surface area contributed by atoms with Crippen molar-refractivity contribution in [3.63, 3.8) is 0 Å². The summed E-state index contributed by atoms with van der Waals surface area (Å²) >= 11 is 3.34. The number of halogens is 1. The first-order valence-electron chi connectivity index (χ1n) is 6.86. The van der Waals surface area contributed by atoms with Crippen molar-refractivity contribution in [2.24, 2.45) is 4.99 Å². The fraction of sp³-hybridized carbons (Fsp3) is 0. The molecule has 1 aromatic heterocycles. The molecule has 0 aliphatic heterocycles. The maximum atomic E-state index is 10.8. The van der Waals surface area contributed by atoms with Gasteiger partial charge < -0.3 is 14.6 Å². The van der Waals surface area contributed by atoms with Crippen LogP contribution in [0, 0.1) is 0 Å². The summed E-state index contributed by atoms with van der Waals surface area (Å²) in [5.74, 6) is -1.06. The number of carboxylic acid groups (broad SMARTS) is 1. The van der Waals surface area contributed by atoms with Crippen molar-refractivity contribution >= 4 is 33.8 Å². The van der Waals surface area contributed by atoms with Crippen LogP contribution >= 0.6 is 15.9 Å². The Hall–Kier alpha value is -2.93. The van der Waals surface area contributed by atoms with Gasteiger partial charge in [0.2, 0.25) is 5.89 Å². The molecule has 1 heterocycles. The van der Waals surface area contributed by atoms with E-state index in [-0.39, 0.29) is 23.1 Å². The highest BCUT2D eigenvalue weighted by molar-refractivity contribution is 9.10. The summed E-state index contributed by atoms with van der Waals surface area (Å²) in [5.41, 5.74) is 1.62. The number of aliphatic imine (C=N–C) groups is 1. The van der Waals surface area contributed by atoms with E-state index < -0.39 is 5.97 Å². The SMILES string of the molecule is O=C(O)c1ccc(N=Cc2nc(-c3ccc(Br)cc3)oc2O)cc1. The molecule has 3 aromatic rings. The van der Waals surface area contributed by atoms with Crippen molar-refractivity contribution in [1.82, 2.24) is 4.98 Å². The largest absolute Gasteiger partial charge is 0.479 e. The van der Waals surface area contributed by atoms with E-state index in [2.05, 4.69) is 25.9 Å². The van der Waals surface area contributed by atoms with Crippen LogP contribution in [0.1, 0.15) is 16.1 Å². The Kier molecular flexibility index (Phi) is 4.43. The van der Waals surface area contributed by atoms with Crippen LogP contribution in [0.15, 0.2) is 62.4 Å². The molecule has 0 spiro atoms. The van der Waals surface area contributed by atoms with Gasteiger partial charge >= 0.3 is 11.9 Å². The molecule has 0 radical (unpaired) electrons. The summed E-state index contributed by atoms with van der Waals surface area (Å²) in [6.07, 6.45) is 1.36. The highest BCUT2D eigenvalue weighted by Gasteiger charge is 2.12. The quantitative estimate of drug-likeness (QED) is 0.653.